The summed E-state index contributed by atoms with van der Waals surface area (Å²) >= 11 is 0. The topological polar surface area (TPSA) is 99.9 Å². The van der Waals surface area contributed by atoms with Gasteiger partial charge in [-0.3, -0.25) is 4.79 Å². The van der Waals surface area contributed by atoms with Crippen molar-refractivity contribution in [2.24, 2.45) is 0 Å². The summed E-state index contributed by atoms with van der Waals surface area (Å²) in [6.45, 7) is 2.87. The predicted octanol–water partition coefficient (Wildman–Crippen LogP) is 1.76. The van der Waals surface area contributed by atoms with Crippen LogP contribution in [0.2, 0.25) is 0 Å². The number of nitrogens with zero attached hydrogens (tertiary/aromatic N) is 5. The summed E-state index contributed by atoms with van der Waals surface area (Å²) in [6.07, 6.45) is 0. The molecule has 9 nitrogen and oxygen atoms in total. The smallest absolute Gasteiger partial charge is 0.281 e. The molecule has 0 radical (unpaired) electrons. The van der Waals surface area contributed by atoms with Crippen LogP contribution >= 0.6 is 0 Å². The maximum absolute atomic E-state index is 13.4. The third kappa shape index (κ3) is 3.57. The molecule has 1 aliphatic heterocycles. The van der Waals surface area contributed by atoms with E-state index in [-0.39, 0.29) is 19.0 Å². The van der Waals surface area contributed by atoms with E-state index in [1.807, 2.05) is 30.3 Å². The van der Waals surface area contributed by atoms with Gasteiger partial charge in [0.25, 0.3) is 21.8 Å². The highest BCUT2D eigenvalue weighted by atomic mass is 32.2. The van der Waals surface area contributed by atoms with Crippen LogP contribution in [0.3, 0.4) is 0 Å². The van der Waals surface area contributed by atoms with Crippen LogP contribution in [0, 0.1) is 6.92 Å². The SMILES string of the molecule is Cc1noc2nc(-c3ccccc3)cc(C(=O)N3CCN(S(=O)(=O)N(C)C)CC3)c12. The van der Waals surface area contributed by atoms with Gasteiger partial charge < -0.3 is 9.42 Å². The molecule has 158 valence electrons. The molecule has 1 aromatic carbocycles. The summed E-state index contributed by atoms with van der Waals surface area (Å²) in [4.78, 5) is 19.6. The Balaban J connectivity index is 1.66. The number of fused-ring (bicyclic) bond motifs is 1. The Morgan fingerprint density at radius 2 is 1.77 bits per heavy atom. The Kier molecular flexibility index (Phi) is 5.31. The summed E-state index contributed by atoms with van der Waals surface area (Å²) in [5.41, 5.74) is 2.85. The van der Waals surface area contributed by atoms with Crippen LogP contribution in [-0.2, 0) is 10.2 Å². The van der Waals surface area contributed by atoms with Crippen molar-refractivity contribution in [3.63, 3.8) is 0 Å². The minimum Gasteiger partial charge on any atom is -0.336 e. The molecule has 4 rings (SSSR count). The zero-order valence-corrected chi connectivity index (χ0v) is 17.9. The third-order valence-electron chi connectivity index (χ3n) is 5.23. The highest BCUT2D eigenvalue weighted by molar-refractivity contribution is 7.86. The number of hydrogen-bond donors (Lipinski definition) is 0. The lowest BCUT2D eigenvalue weighted by Gasteiger charge is -2.35. The highest BCUT2D eigenvalue weighted by Crippen LogP contribution is 2.28. The Hall–Kier alpha value is -2.82. The summed E-state index contributed by atoms with van der Waals surface area (Å²) in [5, 5.41) is 4.57. The normalized spacial score (nSPS) is 15.8. The number of carbonyl (C=O) groups is 1. The van der Waals surface area contributed by atoms with E-state index in [1.54, 1.807) is 17.9 Å². The largest absolute Gasteiger partial charge is 0.336 e. The summed E-state index contributed by atoms with van der Waals surface area (Å²) in [6, 6.07) is 11.3. The van der Waals surface area contributed by atoms with Gasteiger partial charge in [-0.25, -0.2) is 4.98 Å². The first-order valence-electron chi connectivity index (χ1n) is 9.58. The molecule has 30 heavy (non-hydrogen) atoms. The molecule has 3 heterocycles. The lowest BCUT2D eigenvalue weighted by Crippen LogP contribution is -2.53. The molecule has 0 aliphatic carbocycles. The van der Waals surface area contributed by atoms with Crippen LogP contribution < -0.4 is 0 Å². The number of pyridine rings is 1. The number of piperazine rings is 1. The Bertz CT molecular complexity index is 1180. The zero-order valence-electron chi connectivity index (χ0n) is 17.1. The van der Waals surface area contributed by atoms with Gasteiger partial charge in [-0.1, -0.05) is 35.5 Å². The summed E-state index contributed by atoms with van der Waals surface area (Å²) < 4.78 is 32.6. The number of hydrogen-bond acceptors (Lipinski definition) is 6. The second kappa shape index (κ2) is 7.78. The van der Waals surface area contributed by atoms with Crippen molar-refractivity contribution in [1.82, 2.24) is 23.7 Å². The van der Waals surface area contributed by atoms with Crippen LogP contribution in [-0.4, -0.2) is 78.3 Å². The fourth-order valence-corrected chi connectivity index (χ4v) is 4.63. The van der Waals surface area contributed by atoms with Gasteiger partial charge in [0, 0.05) is 45.8 Å². The van der Waals surface area contributed by atoms with Gasteiger partial charge in [0.1, 0.15) is 0 Å². The van der Waals surface area contributed by atoms with Crippen molar-refractivity contribution >= 4 is 27.2 Å². The third-order valence-corrected chi connectivity index (χ3v) is 7.17. The molecular weight excluding hydrogens is 406 g/mol. The number of rotatable bonds is 4. The molecule has 0 saturated carbocycles. The van der Waals surface area contributed by atoms with Crippen molar-refractivity contribution in [3.05, 3.63) is 47.7 Å². The molecule has 0 atom stereocenters. The fraction of sp³-hybridized carbons (Fsp3) is 0.350. The van der Waals surface area contributed by atoms with Gasteiger partial charge in [0.05, 0.1) is 22.3 Å². The maximum atomic E-state index is 13.4. The molecule has 1 aliphatic rings. The van der Waals surface area contributed by atoms with Crippen molar-refractivity contribution in [2.75, 3.05) is 40.3 Å². The Morgan fingerprint density at radius 3 is 2.40 bits per heavy atom. The van der Waals surface area contributed by atoms with Gasteiger partial charge in [-0.05, 0) is 13.0 Å². The summed E-state index contributed by atoms with van der Waals surface area (Å²) in [5.74, 6) is -0.187. The zero-order chi connectivity index (χ0) is 21.5. The van der Waals surface area contributed by atoms with Crippen molar-refractivity contribution in [3.8, 4) is 11.3 Å². The molecule has 0 N–H and O–H groups in total. The van der Waals surface area contributed by atoms with Crippen molar-refractivity contribution < 1.29 is 17.7 Å². The molecule has 2 aromatic heterocycles. The summed E-state index contributed by atoms with van der Waals surface area (Å²) in [7, 11) is -0.494. The first kappa shape index (κ1) is 20.5. The second-order valence-corrected chi connectivity index (χ2v) is 9.49. The molecule has 0 unspecified atom stereocenters. The van der Waals surface area contributed by atoms with Crippen LogP contribution in [0.4, 0.5) is 0 Å². The van der Waals surface area contributed by atoms with E-state index in [1.165, 1.54) is 22.7 Å². The van der Waals surface area contributed by atoms with Crippen LogP contribution in [0.1, 0.15) is 16.1 Å². The van der Waals surface area contributed by atoms with E-state index in [2.05, 4.69) is 10.1 Å². The van der Waals surface area contributed by atoms with Gasteiger partial charge >= 0.3 is 0 Å². The molecule has 3 aromatic rings. The predicted molar refractivity (Wildman–Crippen MR) is 112 cm³/mol. The Morgan fingerprint density at radius 1 is 1.10 bits per heavy atom. The molecular formula is C20H23N5O4S. The lowest BCUT2D eigenvalue weighted by atomic mass is 10.0. The average molecular weight is 430 g/mol. The first-order chi connectivity index (χ1) is 14.3. The molecule has 0 spiro atoms. The van der Waals surface area contributed by atoms with Crippen molar-refractivity contribution in [1.29, 1.82) is 0 Å². The van der Waals surface area contributed by atoms with Crippen LogP contribution in [0.25, 0.3) is 22.4 Å². The number of aromatic nitrogens is 2. The van der Waals surface area contributed by atoms with Gasteiger partial charge in [0.2, 0.25) is 0 Å². The fourth-order valence-electron chi connectivity index (χ4n) is 3.54. The number of aryl methyl sites for hydroxylation is 1. The minimum atomic E-state index is -3.50. The van der Waals surface area contributed by atoms with Gasteiger partial charge in [-0.15, -0.1) is 0 Å². The maximum Gasteiger partial charge on any atom is 0.281 e. The standard InChI is InChI=1S/C20H23N5O4S/c1-14-18-16(13-17(21-19(18)29-22-14)15-7-5-4-6-8-15)20(26)24-9-11-25(12-10-24)30(27,28)23(2)3/h4-8,13H,9-12H2,1-3H3. The van der Waals surface area contributed by atoms with E-state index < -0.39 is 10.2 Å². The average Bonchev–Trinajstić information content (AvgIpc) is 3.14. The van der Waals surface area contributed by atoms with Crippen molar-refractivity contribution in [2.45, 2.75) is 6.92 Å². The molecule has 0 bridgehead atoms. The van der Waals surface area contributed by atoms with E-state index in [0.29, 0.717) is 41.1 Å². The van der Waals surface area contributed by atoms with E-state index in [0.717, 1.165) is 5.56 Å². The van der Waals surface area contributed by atoms with Crippen LogP contribution in [0.5, 0.6) is 0 Å². The Labute approximate surface area is 175 Å². The molecule has 1 amide bonds. The van der Waals surface area contributed by atoms with E-state index in [4.69, 9.17) is 4.52 Å². The monoisotopic (exact) mass is 429 g/mol. The number of benzene rings is 1. The van der Waals surface area contributed by atoms with E-state index >= 15 is 0 Å². The number of carbonyl (C=O) groups excluding carboxylic acids is 1. The minimum absolute atomic E-state index is 0.187. The molecule has 1 saturated heterocycles. The first-order valence-corrected chi connectivity index (χ1v) is 11.0. The van der Waals surface area contributed by atoms with Gasteiger partial charge in [-0.2, -0.15) is 17.0 Å². The molecule has 1 fully saturated rings. The van der Waals surface area contributed by atoms with E-state index in [9.17, 15) is 13.2 Å². The van der Waals surface area contributed by atoms with Gasteiger partial charge in [0.15, 0.2) is 0 Å². The molecule has 10 heteroatoms. The van der Waals surface area contributed by atoms with Crippen LogP contribution in [0.15, 0.2) is 40.9 Å². The lowest BCUT2D eigenvalue weighted by molar-refractivity contribution is 0.0697. The second-order valence-electron chi connectivity index (χ2n) is 7.35. The quantitative estimate of drug-likeness (QED) is 0.627. The highest BCUT2D eigenvalue weighted by Gasteiger charge is 2.32. The number of amides is 1.